The summed E-state index contributed by atoms with van der Waals surface area (Å²) in [6, 6.07) is 14.2. The van der Waals surface area contributed by atoms with Gasteiger partial charge >= 0.3 is 0 Å². The number of halogens is 2. The summed E-state index contributed by atoms with van der Waals surface area (Å²) in [5, 5.41) is 17.3. The average molecular weight is 971 g/mol. The molecule has 5 heterocycles. The number of nitrogens with one attached hydrogen (secondary N) is 4. The van der Waals surface area contributed by atoms with Gasteiger partial charge in [0.15, 0.2) is 0 Å². The molecule has 3 amide bonds. The fourth-order valence-corrected chi connectivity index (χ4v) is 10.2. The summed E-state index contributed by atoms with van der Waals surface area (Å²) in [6.45, 7) is 9.45. The van der Waals surface area contributed by atoms with Crippen molar-refractivity contribution in [3.05, 3.63) is 88.5 Å². The summed E-state index contributed by atoms with van der Waals surface area (Å²) in [7, 11) is 0.885. The van der Waals surface area contributed by atoms with Crippen LogP contribution >= 0.6 is 23.1 Å². The van der Waals surface area contributed by atoms with Crippen molar-refractivity contribution in [3.63, 3.8) is 0 Å². The number of hydrogen-bond donors (Lipinski definition) is 4. The molecule has 5 aromatic rings. The van der Waals surface area contributed by atoms with Gasteiger partial charge in [-0.05, 0) is 110 Å². The van der Waals surface area contributed by atoms with Gasteiger partial charge in [-0.2, -0.15) is 10.1 Å². The van der Waals surface area contributed by atoms with Gasteiger partial charge in [-0.25, -0.2) is 9.37 Å². The normalized spacial score (nSPS) is 17.5. The molecule has 19 heteroatoms. The minimum Gasteiger partial charge on any atom is -0.494 e. The van der Waals surface area contributed by atoms with E-state index in [0.717, 1.165) is 40.5 Å². The van der Waals surface area contributed by atoms with Gasteiger partial charge in [-0.15, -0.1) is 0 Å². The van der Waals surface area contributed by atoms with Crippen LogP contribution in [0.1, 0.15) is 42.7 Å². The third-order valence-electron chi connectivity index (χ3n) is 12.3. The molecule has 3 fully saturated rings. The number of imide groups is 1. The highest BCUT2D eigenvalue weighted by Crippen LogP contribution is 2.42. The van der Waals surface area contributed by atoms with Gasteiger partial charge in [0, 0.05) is 85.9 Å². The Labute approximate surface area is 386 Å². The smallest absolute Gasteiger partial charge is 0.249 e. The summed E-state index contributed by atoms with van der Waals surface area (Å²) in [6.07, 6.45) is 7.49. The van der Waals surface area contributed by atoms with E-state index < -0.39 is 19.1 Å². The van der Waals surface area contributed by atoms with Gasteiger partial charge in [0.05, 0.1) is 35.7 Å². The monoisotopic (exact) mass is 969 g/mol. The number of piperidine rings is 2. The number of aromatic nitrogens is 4. The van der Waals surface area contributed by atoms with Crippen LogP contribution in [0.4, 0.5) is 38.9 Å². The molecule has 16 nitrogen and oxygen atoms in total. The molecule has 3 aliphatic heterocycles. The number of hydrogen-bond acceptors (Lipinski definition) is 13. The van der Waals surface area contributed by atoms with Crippen LogP contribution in [0.15, 0.2) is 71.6 Å². The van der Waals surface area contributed by atoms with Crippen LogP contribution < -0.4 is 36.2 Å². The molecule has 342 valence electrons. The largest absolute Gasteiger partial charge is 0.494 e. The number of benzene rings is 3. The standard InChI is InChI=1S/C46H54BrFN11O5P/c1-28-6-9-36(41(20-28)65(4,5)63)52-44-34(47)25-49-46(55-44)53-38-22-33(30-24-50-56(2)26-30)39(23-40(38)64-3)58-16-18-59(19-17-58)43(61)27-57-14-12-29(13-15-57)32-8-7-31(21-35(32)48)51-37-10-11-42(60)54-45(37)62/h6-9,20-26,29,37,51H,10-19,27H2,1-5H3,(H,54,60,62)(H2,49,52,53,55). The molecule has 0 bridgehead atoms. The lowest BCUT2D eigenvalue weighted by molar-refractivity contribution is -0.134. The maximum Gasteiger partial charge on any atom is 0.249 e. The fourth-order valence-electron chi connectivity index (χ4n) is 8.72. The van der Waals surface area contributed by atoms with Crippen LogP contribution in [0.5, 0.6) is 5.75 Å². The van der Waals surface area contributed by atoms with Crippen LogP contribution in [0.2, 0.25) is 0 Å². The molecule has 3 saturated heterocycles. The van der Waals surface area contributed by atoms with Crippen LogP contribution in [-0.4, -0.2) is 120 Å². The summed E-state index contributed by atoms with van der Waals surface area (Å²) in [5.41, 5.74) is 6.27. The Bertz CT molecular complexity index is 2660. The first-order valence-electron chi connectivity index (χ1n) is 21.7. The second-order valence-electron chi connectivity index (χ2n) is 17.3. The first-order valence-corrected chi connectivity index (χ1v) is 25.1. The van der Waals surface area contributed by atoms with Crippen molar-refractivity contribution >= 4 is 80.6 Å². The highest BCUT2D eigenvalue weighted by atomic mass is 79.9. The fraction of sp³-hybridized carbons (Fsp3) is 0.391. The molecule has 0 saturated carbocycles. The molecular weight excluding hydrogens is 916 g/mol. The number of rotatable bonds is 13. The Hall–Kier alpha value is -5.84. The molecule has 2 aromatic heterocycles. The Morgan fingerprint density at radius 1 is 0.969 bits per heavy atom. The third kappa shape index (κ3) is 10.7. The molecule has 0 spiro atoms. The Morgan fingerprint density at radius 3 is 2.42 bits per heavy atom. The molecule has 1 unspecified atom stereocenters. The minimum atomic E-state index is -2.61. The molecule has 3 aromatic carbocycles. The van der Waals surface area contributed by atoms with Crippen LogP contribution in [0.3, 0.4) is 0 Å². The number of anilines is 6. The van der Waals surface area contributed by atoms with E-state index in [4.69, 9.17) is 9.72 Å². The van der Waals surface area contributed by atoms with Gasteiger partial charge in [-0.1, -0.05) is 17.7 Å². The van der Waals surface area contributed by atoms with E-state index in [0.29, 0.717) is 96.8 Å². The molecule has 1 atom stereocenters. The average Bonchev–Trinajstić information content (AvgIpc) is 3.72. The van der Waals surface area contributed by atoms with Crippen LogP contribution in [-0.2, 0) is 26.0 Å². The molecule has 3 aliphatic rings. The molecule has 4 N–H and O–H groups in total. The lowest BCUT2D eigenvalue weighted by atomic mass is 9.89. The predicted octanol–water partition coefficient (Wildman–Crippen LogP) is 6.58. The van der Waals surface area contributed by atoms with Gasteiger partial charge in [-0.3, -0.25) is 29.3 Å². The molecule has 8 rings (SSSR count). The second kappa shape index (κ2) is 19.3. The van der Waals surface area contributed by atoms with Crippen molar-refractivity contribution in [2.75, 3.05) is 87.1 Å². The minimum absolute atomic E-state index is 0.0239. The number of likely N-dealkylation sites (tertiary alicyclic amines) is 1. The first-order chi connectivity index (χ1) is 31.1. The summed E-state index contributed by atoms with van der Waals surface area (Å²) >= 11 is 3.58. The predicted molar refractivity (Wildman–Crippen MR) is 255 cm³/mol. The second-order valence-corrected chi connectivity index (χ2v) is 21.3. The van der Waals surface area contributed by atoms with Crippen molar-refractivity contribution in [3.8, 4) is 16.9 Å². The highest BCUT2D eigenvalue weighted by molar-refractivity contribution is 9.10. The topological polar surface area (TPSA) is 179 Å². The van der Waals surface area contributed by atoms with E-state index in [2.05, 4.69) is 57.1 Å². The van der Waals surface area contributed by atoms with E-state index in [9.17, 15) is 18.9 Å². The maximum atomic E-state index is 15.4. The van der Waals surface area contributed by atoms with Gasteiger partial charge in [0.1, 0.15) is 30.6 Å². The number of ether oxygens (including phenoxy) is 1. The quantitative estimate of drug-likeness (QED) is 0.0736. The van der Waals surface area contributed by atoms with Crippen molar-refractivity contribution in [2.24, 2.45) is 7.05 Å². The number of nitrogens with zero attached hydrogens (tertiary/aromatic N) is 7. The third-order valence-corrected chi connectivity index (χ3v) is 14.4. The van der Waals surface area contributed by atoms with Gasteiger partial charge in [0.25, 0.3) is 0 Å². The van der Waals surface area contributed by atoms with Gasteiger partial charge < -0.3 is 35.1 Å². The number of aryl methyl sites for hydroxylation is 2. The zero-order chi connectivity index (χ0) is 46.0. The Morgan fingerprint density at radius 2 is 1.74 bits per heavy atom. The van der Waals surface area contributed by atoms with Crippen molar-refractivity contribution in [2.45, 2.75) is 44.6 Å². The first kappa shape index (κ1) is 45.7. The van der Waals surface area contributed by atoms with E-state index in [1.54, 1.807) is 43.5 Å². The Balaban J connectivity index is 0.903. The maximum absolute atomic E-state index is 15.4. The lowest BCUT2D eigenvalue weighted by Crippen LogP contribution is -2.52. The number of carbonyl (C=O) groups excluding carboxylic acids is 3. The number of amides is 3. The lowest BCUT2D eigenvalue weighted by Gasteiger charge is -2.39. The van der Waals surface area contributed by atoms with Crippen molar-refractivity contribution in [1.29, 1.82) is 0 Å². The molecule has 0 radical (unpaired) electrons. The van der Waals surface area contributed by atoms with Crippen molar-refractivity contribution in [1.82, 2.24) is 34.9 Å². The van der Waals surface area contributed by atoms with E-state index in [1.807, 2.05) is 61.6 Å². The number of carbonyl (C=O) groups is 3. The highest BCUT2D eigenvalue weighted by Gasteiger charge is 2.30. The number of methoxy groups -OCH3 is 1. The number of piperazine rings is 1. The van der Waals surface area contributed by atoms with Crippen LogP contribution in [0.25, 0.3) is 11.1 Å². The summed E-state index contributed by atoms with van der Waals surface area (Å²) in [4.78, 5) is 53.0. The zero-order valence-electron chi connectivity index (χ0n) is 37.2. The summed E-state index contributed by atoms with van der Waals surface area (Å²) in [5.74, 6) is 0.475. The summed E-state index contributed by atoms with van der Waals surface area (Å²) < 4.78 is 36.9. The zero-order valence-corrected chi connectivity index (χ0v) is 39.6. The van der Waals surface area contributed by atoms with Crippen molar-refractivity contribution < 1.29 is 28.1 Å². The van der Waals surface area contributed by atoms with E-state index in [-0.39, 0.29) is 30.0 Å². The van der Waals surface area contributed by atoms with E-state index >= 15 is 4.39 Å². The SMILES string of the molecule is COc1cc(N2CCN(C(=O)CN3CCC(c4ccc(NC5CCC(=O)NC5=O)cc4F)CC3)CC2)c(-c2cnn(C)c2)cc1Nc1ncc(Br)c(Nc2ccc(C)cc2P(C)(C)=O)n1. The molecule has 65 heavy (non-hydrogen) atoms. The van der Waals surface area contributed by atoms with Gasteiger partial charge in [0.2, 0.25) is 23.7 Å². The van der Waals surface area contributed by atoms with E-state index in [1.165, 1.54) is 6.07 Å². The molecule has 0 aliphatic carbocycles. The van der Waals surface area contributed by atoms with Crippen LogP contribution in [0, 0.1) is 12.7 Å². The molecular formula is C46H54BrFN11O5P. The Kier molecular flexibility index (Phi) is 13.6.